The van der Waals surface area contributed by atoms with Crippen LogP contribution >= 0.6 is 11.3 Å². The monoisotopic (exact) mass is 333 g/mol. The van der Waals surface area contributed by atoms with Crippen molar-refractivity contribution in [1.29, 1.82) is 0 Å². The minimum atomic E-state index is -4.75. The fraction of sp³-hybridized carbons (Fsp3) is 0.385. The summed E-state index contributed by atoms with van der Waals surface area (Å²) in [6.45, 7) is 3.39. The highest BCUT2D eigenvalue weighted by Gasteiger charge is 2.31. The Bertz CT molecular complexity index is 685. The summed E-state index contributed by atoms with van der Waals surface area (Å²) in [5.74, 6) is -1.03. The Morgan fingerprint density at radius 2 is 2.09 bits per heavy atom. The van der Waals surface area contributed by atoms with Gasteiger partial charge < -0.3 is 15.8 Å². The lowest BCUT2D eigenvalue weighted by Gasteiger charge is -2.13. The van der Waals surface area contributed by atoms with Crippen LogP contribution in [0.3, 0.4) is 0 Å². The maximum atomic E-state index is 12.2. The zero-order chi connectivity index (χ0) is 16.5. The molecule has 1 heterocycles. The fourth-order valence-electron chi connectivity index (χ4n) is 1.61. The van der Waals surface area contributed by atoms with Crippen LogP contribution in [-0.4, -0.2) is 23.3 Å². The Kier molecular flexibility index (Phi) is 4.57. The molecule has 1 aromatic heterocycles. The average Bonchev–Trinajstić information content (AvgIpc) is 2.77. The minimum Gasteiger partial charge on any atom is -0.406 e. The molecule has 2 unspecified atom stereocenters. The normalized spacial score (nSPS) is 14.6. The predicted octanol–water partition coefficient (Wildman–Crippen LogP) is 3.12. The van der Waals surface area contributed by atoms with Crippen LogP contribution in [0.2, 0.25) is 0 Å². The zero-order valence-corrected chi connectivity index (χ0v) is 12.6. The number of hydrogen-bond donors (Lipinski definition) is 2. The maximum absolute atomic E-state index is 12.2. The third-order valence-electron chi connectivity index (χ3n) is 3.03. The molecule has 2 rings (SSSR count). The molecule has 0 fully saturated rings. The van der Waals surface area contributed by atoms with E-state index in [2.05, 4.69) is 15.0 Å². The van der Waals surface area contributed by atoms with Crippen molar-refractivity contribution in [2.24, 2.45) is 11.7 Å². The second kappa shape index (κ2) is 6.09. The van der Waals surface area contributed by atoms with Gasteiger partial charge in [-0.3, -0.25) is 4.79 Å². The SMILES string of the molecule is CC(N)C(C)C(=O)Nc1nc2ccc(OC(F)(F)F)cc2s1. The first-order chi connectivity index (χ1) is 10.2. The third-order valence-corrected chi connectivity index (χ3v) is 3.96. The van der Waals surface area contributed by atoms with Crippen molar-refractivity contribution in [3.05, 3.63) is 18.2 Å². The topological polar surface area (TPSA) is 77.2 Å². The summed E-state index contributed by atoms with van der Waals surface area (Å²) in [5, 5.41) is 2.91. The van der Waals surface area contributed by atoms with Crippen LogP contribution in [0.1, 0.15) is 13.8 Å². The number of hydrogen-bond acceptors (Lipinski definition) is 5. The number of rotatable bonds is 4. The van der Waals surface area contributed by atoms with Gasteiger partial charge in [0.25, 0.3) is 0 Å². The summed E-state index contributed by atoms with van der Waals surface area (Å²) in [7, 11) is 0. The van der Waals surface area contributed by atoms with E-state index in [9.17, 15) is 18.0 Å². The molecule has 1 amide bonds. The number of benzene rings is 1. The molecule has 0 radical (unpaired) electrons. The molecule has 0 aliphatic rings. The molecule has 5 nitrogen and oxygen atoms in total. The Hall–Kier alpha value is -1.87. The Balaban J connectivity index is 2.18. The van der Waals surface area contributed by atoms with E-state index in [0.29, 0.717) is 15.3 Å². The predicted molar refractivity (Wildman–Crippen MR) is 77.7 cm³/mol. The van der Waals surface area contributed by atoms with Crippen LogP contribution in [0, 0.1) is 5.92 Å². The van der Waals surface area contributed by atoms with Gasteiger partial charge in [-0.15, -0.1) is 13.2 Å². The number of halogens is 3. The molecule has 1 aromatic carbocycles. The third kappa shape index (κ3) is 4.08. The Morgan fingerprint density at radius 3 is 2.68 bits per heavy atom. The number of alkyl halides is 3. The number of carbonyl (C=O) groups excluding carboxylic acids is 1. The van der Waals surface area contributed by atoms with Crippen molar-refractivity contribution in [2.45, 2.75) is 26.3 Å². The summed E-state index contributed by atoms with van der Waals surface area (Å²) < 4.78 is 40.9. The van der Waals surface area contributed by atoms with Crippen LogP contribution in [0.25, 0.3) is 10.2 Å². The lowest BCUT2D eigenvalue weighted by Crippen LogP contribution is -2.34. The van der Waals surface area contributed by atoms with Crippen molar-refractivity contribution in [1.82, 2.24) is 4.98 Å². The molecule has 0 aliphatic heterocycles. The zero-order valence-electron chi connectivity index (χ0n) is 11.8. The second-order valence-corrected chi connectivity index (χ2v) is 5.86. The fourth-order valence-corrected chi connectivity index (χ4v) is 2.51. The van der Waals surface area contributed by atoms with Crippen molar-refractivity contribution >= 4 is 32.6 Å². The molecule has 0 bridgehead atoms. The summed E-state index contributed by atoms with van der Waals surface area (Å²) in [6.07, 6.45) is -4.75. The number of thiazole rings is 1. The standard InChI is InChI=1S/C13H14F3N3O2S/c1-6(7(2)17)11(20)19-12-18-9-4-3-8(5-10(9)22-12)21-13(14,15)16/h3-7H,17H2,1-2H3,(H,18,19,20). The highest BCUT2D eigenvalue weighted by molar-refractivity contribution is 7.22. The molecule has 0 saturated carbocycles. The van der Waals surface area contributed by atoms with Crippen molar-refractivity contribution in [2.75, 3.05) is 5.32 Å². The van der Waals surface area contributed by atoms with Gasteiger partial charge >= 0.3 is 6.36 Å². The quantitative estimate of drug-likeness (QED) is 0.901. The van der Waals surface area contributed by atoms with Gasteiger partial charge in [-0.25, -0.2) is 4.98 Å². The van der Waals surface area contributed by atoms with Gasteiger partial charge in [0.15, 0.2) is 5.13 Å². The summed E-state index contributed by atoms with van der Waals surface area (Å²) in [6, 6.07) is 3.48. The summed E-state index contributed by atoms with van der Waals surface area (Å²) in [4.78, 5) is 16.0. The van der Waals surface area contributed by atoms with Gasteiger partial charge in [-0.2, -0.15) is 0 Å². The van der Waals surface area contributed by atoms with E-state index in [0.717, 1.165) is 11.3 Å². The lowest BCUT2D eigenvalue weighted by molar-refractivity contribution is -0.274. The highest BCUT2D eigenvalue weighted by atomic mass is 32.1. The van der Waals surface area contributed by atoms with Crippen LogP contribution in [-0.2, 0) is 4.79 Å². The van der Waals surface area contributed by atoms with Crippen LogP contribution in [0.15, 0.2) is 18.2 Å². The first-order valence-electron chi connectivity index (χ1n) is 6.38. The first kappa shape index (κ1) is 16.5. The molecule has 9 heteroatoms. The summed E-state index contributed by atoms with van der Waals surface area (Å²) >= 11 is 1.06. The van der Waals surface area contributed by atoms with Crippen molar-refractivity contribution in [3.63, 3.8) is 0 Å². The van der Waals surface area contributed by atoms with E-state index in [1.165, 1.54) is 18.2 Å². The van der Waals surface area contributed by atoms with E-state index < -0.39 is 12.3 Å². The average molecular weight is 333 g/mol. The number of ether oxygens (including phenoxy) is 1. The number of aromatic nitrogens is 1. The van der Waals surface area contributed by atoms with E-state index in [4.69, 9.17) is 5.73 Å². The molecule has 2 atom stereocenters. The minimum absolute atomic E-state index is 0.291. The van der Waals surface area contributed by atoms with Crippen molar-refractivity contribution in [3.8, 4) is 5.75 Å². The number of fused-ring (bicyclic) bond motifs is 1. The number of anilines is 1. The van der Waals surface area contributed by atoms with Gasteiger partial charge in [0, 0.05) is 12.1 Å². The molecule has 120 valence electrons. The number of carbonyl (C=O) groups is 1. The number of nitrogens with one attached hydrogen (secondary N) is 1. The first-order valence-corrected chi connectivity index (χ1v) is 7.20. The van der Waals surface area contributed by atoms with Gasteiger partial charge in [0.1, 0.15) is 5.75 Å². The molecular weight excluding hydrogens is 319 g/mol. The van der Waals surface area contributed by atoms with Gasteiger partial charge in [0.2, 0.25) is 5.91 Å². The van der Waals surface area contributed by atoms with Gasteiger partial charge in [-0.05, 0) is 19.1 Å². The van der Waals surface area contributed by atoms with Gasteiger partial charge in [-0.1, -0.05) is 18.3 Å². The van der Waals surface area contributed by atoms with Gasteiger partial charge in [0.05, 0.1) is 16.1 Å². The molecule has 0 aliphatic carbocycles. The second-order valence-electron chi connectivity index (χ2n) is 4.83. The number of amides is 1. The van der Waals surface area contributed by atoms with Crippen LogP contribution in [0.5, 0.6) is 5.75 Å². The van der Waals surface area contributed by atoms with E-state index >= 15 is 0 Å². The molecule has 22 heavy (non-hydrogen) atoms. The van der Waals surface area contributed by atoms with E-state index in [1.54, 1.807) is 13.8 Å². The largest absolute Gasteiger partial charge is 0.573 e. The maximum Gasteiger partial charge on any atom is 0.573 e. The van der Waals surface area contributed by atoms with E-state index in [1.807, 2.05) is 0 Å². The molecule has 0 saturated heterocycles. The smallest absolute Gasteiger partial charge is 0.406 e. The highest BCUT2D eigenvalue weighted by Crippen LogP contribution is 2.31. The number of nitrogens with two attached hydrogens (primary N) is 1. The Morgan fingerprint density at radius 1 is 1.41 bits per heavy atom. The van der Waals surface area contributed by atoms with Crippen LogP contribution < -0.4 is 15.8 Å². The molecule has 0 spiro atoms. The number of nitrogens with zero attached hydrogens (tertiary/aromatic N) is 1. The molecule has 3 N–H and O–H groups in total. The lowest BCUT2D eigenvalue weighted by atomic mass is 10.0. The van der Waals surface area contributed by atoms with E-state index in [-0.39, 0.29) is 17.7 Å². The Labute approximate surface area is 128 Å². The van der Waals surface area contributed by atoms with Crippen molar-refractivity contribution < 1.29 is 22.7 Å². The summed E-state index contributed by atoms with van der Waals surface area (Å²) in [5.41, 5.74) is 6.12. The molecular formula is C13H14F3N3O2S. The van der Waals surface area contributed by atoms with Crippen LogP contribution in [0.4, 0.5) is 18.3 Å². The molecule has 2 aromatic rings.